The molecule has 15 heavy (non-hydrogen) atoms. The Labute approximate surface area is 89.1 Å². The number of carbonyl (C=O) groups excluding carboxylic acids is 2. The van der Waals surface area contributed by atoms with E-state index in [2.05, 4.69) is 5.32 Å². The number of amides is 1. The quantitative estimate of drug-likeness (QED) is 0.667. The van der Waals surface area contributed by atoms with Crippen LogP contribution in [0.1, 0.15) is 26.2 Å². The number of carbonyl (C=O) groups is 2. The van der Waals surface area contributed by atoms with Crippen molar-refractivity contribution in [1.82, 2.24) is 5.32 Å². The summed E-state index contributed by atoms with van der Waals surface area (Å²) < 4.78 is 9.92. The first-order valence-corrected chi connectivity index (χ1v) is 5.29. The summed E-state index contributed by atoms with van der Waals surface area (Å²) in [5, 5.41) is 2.65. The van der Waals surface area contributed by atoms with Gasteiger partial charge in [0.25, 0.3) is 0 Å². The Bertz CT molecular complexity index is 223. The molecule has 86 valence electrons. The molecular formula is C10H17NO4. The Balaban J connectivity index is 2.08. The number of ether oxygens (including phenoxy) is 2. The molecule has 0 saturated carbocycles. The molecule has 1 aliphatic rings. The summed E-state index contributed by atoms with van der Waals surface area (Å²) in [6, 6.07) is 0. The van der Waals surface area contributed by atoms with E-state index in [9.17, 15) is 9.59 Å². The Morgan fingerprint density at radius 1 is 1.53 bits per heavy atom. The zero-order chi connectivity index (χ0) is 11.1. The van der Waals surface area contributed by atoms with Crippen molar-refractivity contribution in [3.8, 4) is 0 Å². The van der Waals surface area contributed by atoms with E-state index in [4.69, 9.17) is 9.47 Å². The van der Waals surface area contributed by atoms with E-state index in [0.29, 0.717) is 19.8 Å². The van der Waals surface area contributed by atoms with Gasteiger partial charge in [-0.2, -0.15) is 0 Å². The van der Waals surface area contributed by atoms with Crippen molar-refractivity contribution in [3.63, 3.8) is 0 Å². The van der Waals surface area contributed by atoms with E-state index in [-0.39, 0.29) is 24.4 Å². The van der Waals surface area contributed by atoms with Gasteiger partial charge >= 0.3 is 5.97 Å². The molecule has 0 spiro atoms. The van der Waals surface area contributed by atoms with Crippen LogP contribution in [0, 0.1) is 0 Å². The standard InChI is InChI=1S/C10H17NO4/c1-2-14-9(12)5-6-11-10(13)8-4-3-7-15-8/h8H,2-7H2,1H3,(H,11,13)/t8-/m1/s1. The van der Waals surface area contributed by atoms with Crippen molar-refractivity contribution in [1.29, 1.82) is 0 Å². The third-order valence-electron chi connectivity index (χ3n) is 2.16. The van der Waals surface area contributed by atoms with E-state index in [1.54, 1.807) is 6.92 Å². The van der Waals surface area contributed by atoms with E-state index >= 15 is 0 Å². The van der Waals surface area contributed by atoms with E-state index < -0.39 is 0 Å². The van der Waals surface area contributed by atoms with Crippen LogP contribution in [-0.2, 0) is 19.1 Å². The van der Waals surface area contributed by atoms with E-state index in [1.165, 1.54) is 0 Å². The highest BCUT2D eigenvalue weighted by Crippen LogP contribution is 2.11. The monoisotopic (exact) mass is 215 g/mol. The molecule has 1 rings (SSSR count). The van der Waals surface area contributed by atoms with Crippen LogP contribution in [0.2, 0.25) is 0 Å². The van der Waals surface area contributed by atoms with Crippen molar-refractivity contribution in [3.05, 3.63) is 0 Å². The minimum Gasteiger partial charge on any atom is -0.466 e. The van der Waals surface area contributed by atoms with Crippen LogP contribution in [0.25, 0.3) is 0 Å². The number of esters is 1. The van der Waals surface area contributed by atoms with Gasteiger partial charge < -0.3 is 14.8 Å². The first-order chi connectivity index (χ1) is 7.24. The molecular weight excluding hydrogens is 198 g/mol. The van der Waals surface area contributed by atoms with Crippen LogP contribution in [-0.4, -0.2) is 37.7 Å². The number of nitrogens with one attached hydrogen (secondary N) is 1. The summed E-state index contributed by atoms with van der Waals surface area (Å²) in [6.45, 7) is 3.09. The molecule has 1 heterocycles. The number of hydrogen-bond acceptors (Lipinski definition) is 4. The van der Waals surface area contributed by atoms with Gasteiger partial charge in [0.15, 0.2) is 0 Å². The highest BCUT2D eigenvalue weighted by atomic mass is 16.5. The van der Waals surface area contributed by atoms with Crippen molar-refractivity contribution in [2.45, 2.75) is 32.3 Å². The lowest BCUT2D eigenvalue weighted by Crippen LogP contribution is -2.35. The molecule has 5 heteroatoms. The summed E-state index contributed by atoms with van der Waals surface area (Å²) in [4.78, 5) is 22.3. The van der Waals surface area contributed by atoms with Gasteiger partial charge in [0.05, 0.1) is 13.0 Å². The minimum atomic E-state index is -0.327. The molecule has 1 aliphatic heterocycles. The molecule has 1 amide bonds. The molecule has 0 aromatic rings. The van der Waals surface area contributed by atoms with Crippen LogP contribution >= 0.6 is 0 Å². The second-order valence-corrected chi connectivity index (χ2v) is 3.35. The Morgan fingerprint density at radius 3 is 2.93 bits per heavy atom. The van der Waals surface area contributed by atoms with Gasteiger partial charge in [-0.25, -0.2) is 0 Å². The van der Waals surface area contributed by atoms with Crippen LogP contribution in [0.5, 0.6) is 0 Å². The Kier molecular flexibility index (Phi) is 5.10. The average molecular weight is 215 g/mol. The first-order valence-electron chi connectivity index (χ1n) is 5.29. The maximum absolute atomic E-state index is 11.4. The molecule has 1 saturated heterocycles. The van der Waals surface area contributed by atoms with Gasteiger partial charge in [0, 0.05) is 13.2 Å². The second-order valence-electron chi connectivity index (χ2n) is 3.35. The lowest BCUT2D eigenvalue weighted by Gasteiger charge is -2.09. The Morgan fingerprint density at radius 2 is 2.33 bits per heavy atom. The van der Waals surface area contributed by atoms with Crippen molar-refractivity contribution < 1.29 is 19.1 Å². The maximum atomic E-state index is 11.4. The maximum Gasteiger partial charge on any atom is 0.307 e. The zero-order valence-electron chi connectivity index (χ0n) is 8.95. The second kappa shape index (κ2) is 6.40. The predicted molar refractivity (Wildman–Crippen MR) is 53.2 cm³/mol. The van der Waals surface area contributed by atoms with Crippen molar-refractivity contribution >= 4 is 11.9 Å². The summed E-state index contributed by atoms with van der Waals surface area (Å²) in [5.74, 6) is -0.415. The van der Waals surface area contributed by atoms with Crippen LogP contribution in [0.3, 0.4) is 0 Å². The highest BCUT2D eigenvalue weighted by molar-refractivity contribution is 5.81. The molecule has 0 aromatic carbocycles. The van der Waals surface area contributed by atoms with Crippen molar-refractivity contribution in [2.75, 3.05) is 19.8 Å². The van der Waals surface area contributed by atoms with Crippen LogP contribution in [0.15, 0.2) is 0 Å². The first kappa shape index (κ1) is 12.0. The Hall–Kier alpha value is -1.10. The average Bonchev–Trinajstić information content (AvgIpc) is 2.70. The van der Waals surface area contributed by atoms with Gasteiger partial charge in [0.1, 0.15) is 6.10 Å². The predicted octanol–water partition coefficient (Wildman–Crippen LogP) is 0.235. The molecule has 1 N–H and O–H groups in total. The van der Waals surface area contributed by atoms with Gasteiger partial charge in [-0.3, -0.25) is 9.59 Å². The lowest BCUT2D eigenvalue weighted by molar-refractivity contribution is -0.143. The van der Waals surface area contributed by atoms with Gasteiger partial charge in [-0.05, 0) is 19.8 Å². The lowest BCUT2D eigenvalue weighted by atomic mass is 10.2. The highest BCUT2D eigenvalue weighted by Gasteiger charge is 2.22. The smallest absolute Gasteiger partial charge is 0.307 e. The zero-order valence-corrected chi connectivity index (χ0v) is 8.95. The van der Waals surface area contributed by atoms with Gasteiger partial charge in [-0.1, -0.05) is 0 Å². The van der Waals surface area contributed by atoms with Crippen molar-refractivity contribution in [2.24, 2.45) is 0 Å². The summed E-state index contributed by atoms with van der Waals surface area (Å²) in [6.07, 6.45) is 1.58. The van der Waals surface area contributed by atoms with Gasteiger partial charge in [-0.15, -0.1) is 0 Å². The topological polar surface area (TPSA) is 64.6 Å². The van der Waals surface area contributed by atoms with E-state index in [1.807, 2.05) is 0 Å². The SMILES string of the molecule is CCOC(=O)CCNC(=O)[C@H]1CCCO1. The molecule has 0 bridgehead atoms. The van der Waals surface area contributed by atoms with Crippen LogP contribution in [0.4, 0.5) is 0 Å². The third-order valence-corrected chi connectivity index (χ3v) is 2.16. The molecule has 1 fully saturated rings. The summed E-state index contributed by atoms with van der Waals surface area (Å²) in [7, 11) is 0. The molecule has 0 unspecified atom stereocenters. The largest absolute Gasteiger partial charge is 0.466 e. The molecule has 0 aromatic heterocycles. The number of hydrogen-bond donors (Lipinski definition) is 1. The molecule has 0 aliphatic carbocycles. The fourth-order valence-electron chi connectivity index (χ4n) is 1.42. The van der Waals surface area contributed by atoms with Crippen LogP contribution < -0.4 is 5.32 Å². The van der Waals surface area contributed by atoms with E-state index in [0.717, 1.165) is 12.8 Å². The third kappa shape index (κ3) is 4.29. The molecule has 0 radical (unpaired) electrons. The fraction of sp³-hybridized carbons (Fsp3) is 0.800. The summed E-state index contributed by atoms with van der Waals surface area (Å²) in [5.41, 5.74) is 0. The number of rotatable bonds is 5. The minimum absolute atomic E-state index is 0.128. The normalized spacial score (nSPS) is 19.9. The molecule has 5 nitrogen and oxygen atoms in total. The molecule has 1 atom stereocenters. The fourth-order valence-corrected chi connectivity index (χ4v) is 1.42. The van der Waals surface area contributed by atoms with Gasteiger partial charge in [0.2, 0.25) is 5.91 Å². The summed E-state index contributed by atoms with van der Waals surface area (Å²) >= 11 is 0.